The van der Waals surface area contributed by atoms with Crippen LogP contribution in [-0.4, -0.2) is 26.9 Å². The summed E-state index contributed by atoms with van der Waals surface area (Å²) in [6, 6.07) is -0.315. The van der Waals surface area contributed by atoms with Gasteiger partial charge >= 0.3 is 0 Å². The SMILES string of the molecule is C#CC(C)NC(=O)c1c(Br)nnn1C. The molecule has 1 rings (SSSR count). The first-order valence-corrected chi connectivity index (χ1v) is 4.67. The van der Waals surface area contributed by atoms with Gasteiger partial charge in [-0.15, -0.1) is 11.5 Å². The fraction of sp³-hybridized carbons (Fsp3) is 0.375. The van der Waals surface area contributed by atoms with Gasteiger partial charge in [0.15, 0.2) is 10.3 Å². The highest BCUT2D eigenvalue weighted by atomic mass is 79.9. The maximum absolute atomic E-state index is 11.6. The maximum atomic E-state index is 11.6. The molecule has 1 unspecified atom stereocenters. The van der Waals surface area contributed by atoms with Crippen LogP contribution in [0.2, 0.25) is 0 Å². The van der Waals surface area contributed by atoms with E-state index < -0.39 is 0 Å². The highest BCUT2D eigenvalue weighted by Crippen LogP contribution is 2.11. The Balaban J connectivity index is 2.86. The summed E-state index contributed by atoms with van der Waals surface area (Å²) in [5.41, 5.74) is 0.354. The molecule has 0 saturated heterocycles. The number of hydrogen-bond acceptors (Lipinski definition) is 3. The van der Waals surface area contributed by atoms with Gasteiger partial charge in [-0.1, -0.05) is 11.1 Å². The number of aryl methyl sites for hydroxylation is 1. The molecular formula is C8H9BrN4O. The van der Waals surface area contributed by atoms with E-state index in [9.17, 15) is 4.79 Å². The Hall–Kier alpha value is -1.35. The number of nitrogens with one attached hydrogen (secondary N) is 1. The minimum absolute atomic E-state index is 0.296. The quantitative estimate of drug-likeness (QED) is 0.776. The van der Waals surface area contributed by atoms with Crippen LogP contribution in [0.5, 0.6) is 0 Å². The monoisotopic (exact) mass is 256 g/mol. The molecule has 0 aromatic carbocycles. The number of aromatic nitrogens is 3. The lowest BCUT2D eigenvalue weighted by Crippen LogP contribution is -2.32. The Labute approximate surface area is 90.0 Å². The van der Waals surface area contributed by atoms with Crippen molar-refractivity contribution < 1.29 is 4.79 Å². The molecule has 6 heteroatoms. The van der Waals surface area contributed by atoms with Crippen molar-refractivity contribution in [1.29, 1.82) is 0 Å². The van der Waals surface area contributed by atoms with Gasteiger partial charge in [-0.05, 0) is 22.9 Å². The van der Waals surface area contributed by atoms with Gasteiger partial charge in [-0.2, -0.15) is 0 Å². The van der Waals surface area contributed by atoms with E-state index in [1.807, 2.05) is 0 Å². The van der Waals surface area contributed by atoms with Crippen molar-refractivity contribution in [1.82, 2.24) is 20.3 Å². The summed E-state index contributed by atoms with van der Waals surface area (Å²) >= 11 is 3.12. The molecule has 1 heterocycles. The number of rotatable bonds is 2. The minimum atomic E-state index is -0.315. The van der Waals surface area contributed by atoms with Gasteiger partial charge in [0, 0.05) is 7.05 Å². The van der Waals surface area contributed by atoms with Gasteiger partial charge in [-0.3, -0.25) is 4.79 Å². The van der Waals surface area contributed by atoms with Gasteiger partial charge < -0.3 is 5.32 Å². The van der Waals surface area contributed by atoms with Crippen molar-refractivity contribution in [2.75, 3.05) is 0 Å². The molecule has 0 bridgehead atoms. The number of terminal acetylenes is 1. The first-order valence-electron chi connectivity index (χ1n) is 3.88. The third kappa shape index (κ3) is 2.12. The van der Waals surface area contributed by atoms with Crippen molar-refractivity contribution >= 4 is 21.8 Å². The predicted molar refractivity (Wildman–Crippen MR) is 54.5 cm³/mol. The molecule has 1 aromatic heterocycles. The summed E-state index contributed by atoms with van der Waals surface area (Å²) in [5, 5.41) is 9.97. The Kier molecular flexibility index (Phi) is 3.25. The van der Waals surface area contributed by atoms with Crippen LogP contribution in [0.4, 0.5) is 0 Å². The Morgan fingerprint density at radius 3 is 2.86 bits per heavy atom. The molecule has 0 aliphatic rings. The number of halogens is 1. The van der Waals surface area contributed by atoms with Crippen LogP contribution < -0.4 is 5.32 Å². The average molecular weight is 257 g/mol. The zero-order chi connectivity index (χ0) is 10.7. The largest absolute Gasteiger partial charge is 0.337 e. The van der Waals surface area contributed by atoms with Crippen LogP contribution >= 0.6 is 15.9 Å². The highest BCUT2D eigenvalue weighted by Gasteiger charge is 2.17. The minimum Gasteiger partial charge on any atom is -0.337 e. The van der Waals surface area contributed by atoms with Crippen molar-refractivity contribution in [2.24, 2.45) is 7.05 Å². The number of carbonyl (C=O) groups is 1. The van der Waals surface area contributed by atoms with Crippen LogP contribution in [0.25, 0.3) is 0 Å². The highest BCUT2D eigenvalue weighted by molar-refractivity contribution is 9.10. The standard InChI is InChI=1S/C8H9BrN4O/c1-4-5(2)10-8(14)6-7(9)11-12-13(6)3/h1,5H,2-3H3,(H,10,14). The van der Waals surface area contributed by atoms with Crippen LogP contribution in [0.3, 0.4) is 0 Å². The zero-order valence-corrected chi connectivity index (χ0v) is 9.37. The number of amides is 1. The van der Waals surface area contributed by atoms with Crippen LogP contribution in [0.15, 0.2) is 4.60 Å². The molecule has 1 amide bonds. The first-order chi connectivity index (χ1) is 6.56. The fourth-order valence-electron chi connectivity index (χ4n) is 0.879. The zero-order valence-electron chi connectivity index (χ0n) is 7.78. The maximum Gasteiger partial charge on any atom is 0.273 e. The number of hydrogen-bond donors (Lipinski definition) is 1. The lowest BCUT2D eigenvalue weighted by Gasteiger charge is -2.06. The molecule has 0 aliphatic carbocycles. The van der Waals surface area contributed by atoms with Crippen molar-refractivity contribution in [3.05, 3.63) is 10.3 Å². The normalized spacial score (nSPS) is 11.9. The molecule has 0 saturated carbocycles. The van der Waals surface area contributed by atoms with E-state index in [2.05, 4.69) is 37.5 Å². The second kappa shape index (κ2) is 4.24. The topological polar surface area (TPSA) is 59.8 Å². The molecular weight excluding hydrogens is 248 g/mol. The van der Waals surface area contributed by atoms with E-state index in [4.69, 9.17) is 6.42 Å². The summed E-state index contributed by atoms with van der Waals surface area (Å²) in [4.78, 5) is 11.6. The first kappa shape index (κ1) is 10.7. The van der Waals surface area contributed by atoms with Crippen molar-refractivity contribution in [2.45, 2.75) is 13.0 Å². The second-order valence-corrected chi connectivity index (χ2v) is 3.47. The number of carbonyl (C=O) groups excluding carboxylic acids is 1. The summed E-state index contributed by atoms with van der Waals surface area (Å²) in [6.45, 7) is 1.72. The fourth-order valence-corrected chi connectivity index (χ4v) is 1.39. The Morgan fingerprint density at radius 2 is 2.43 bits per heavy atom. The molecule has 0 aliphatic heterocycles. The Morgan fingerprint density at radius 1 is 1.79 bits per heavy atom. The van der Waals surface area contributed by atoms with Crippen molar-refractivity contribution in [3.8, 4) is 12.3 Å². The van der Waals surface area contributed by atoms with Crippen LogP contribution in [-0.2, 0) is 7.05 Å². The lowest BCUT2D eigenvalue weighted by atomic mass is 10.3. The van der Waals surface area contributed by atoms with Gasteiger partial charge in [-0.25, -0.2) is 4.68 Å². The molecule has 1 N–H and O–H groups in total. The molecule has 74 valence electrons. The van der Waals surface area contributed by atoms with E-state index >= 15 is 0 Å². The van der Waals surface area contributed by atoms with Crippen LogP contribution in [0.1, 0.15) is 17.4 Å². The smallest absolute Gasteiger partial charge is 0.273 e. The van der Waals surface area contributed by atoms with Gasteiger partial charge in [0.25, 0.3) is 5.91 Å². The van der Waals surface area contributed by atoms with Gasteiger partial charge in [0.1, 0.15) is 0 Å². The van der Waals surface area contributed by atoms with E-state index in [-0.39, 0.29) is 11.9 Å². The third-order valence-corrected chi connectivity index (χ3v) is 2.13. The molecule has 14 heavy (non-hydrogen) atoms. The summed E-state index contributed by atoms with van der Waals surface area (Å²) in [6.07, 6.45) is 5.14. The van der Waals surface area contributed by atoms with E-state index in [0.29, 0.717) is 10.3 Å². The number of nitrogens with zero attached hydrogens (tertiary/aromatic N) is 3. The molecule has 0 radical (unpaired) electrons. The molecule has 5 nitrogen and oxygen atoms in total. The average Bonchev–Trinajstić information content (AvgIpc) is 2.46. The van der Waals surface area contributed by atoms with E-state index in [1.165, 1.54) is 4.68 Å². The van der Waals surface area contributed by atoms with Crippen molar-refractivity contribution in [3.63, 3.8) is 0 Å². The molecule has 1 aromatic rings. The van der Waals surface area contributed by atoms with Crippen LogP contribution in [0, 0.1) is 12.3 Å². The van der Waals surface area contributed by atoms with Gasteiger partial charge in [0.2, 0.25) is 0 Å². The summed E-state index contributed by atoms with van der Waals surface area (Å²) < 4.78 is 1.78. The summed E-state index contributed by atoms with van der Waals surface area (Å²) in [5.74, 6) is 2.10. The predicted octanol–water partition coefficient (Wildman–Crippen LogP) is 0.329. The summed E-state index contributed by atoms with van der Waals surface area (Å²) in [7, 11) is 1.63. The van der Waals surface area contributed by atoms with E-state index in [0.717, 1.165) is 0 Å². The molecule has 0 spiro atoms. The Bertz CT molecular complexity index is 373. The van der Waals surface area contributed by atoms with Gasteiger partial charge in [0.05, 0.1) is 6.04 Å². The molecule has 1 atom stereocenters. The third-order valence-electron chi connectivity index (χ3n) is 1.60. The second-order valence-electron chi connectivity index (χ2n) is 2.71. The van der Waals surface area contributed by atoms with E-state index in [1.54, 1.807) is 14.0 Å². The lowest BCUT2D eigenvalue weighted by molar-refractivity contribution is 0.0938. The molecule has 0 fully saturated rings.